The molecule has 2 amide bonds. The maximum atomic E-state index is 12.7. The summed E-state index contributed by atoms with van der Waals surface area (Å²) in [5.41, 5.74) is 2.13. The third kappa shape index (κ3) is 6.12. The standard InChI is InChI=1S/C23H30N2O3/c1-17(2)23(27)25(16-20-8-6-5-7-9-20)18(3)22(26)24-15-14-19-10-12-21(28-4)13-11-19/h5-13,17-18H,14-16H2,1-4H3,(H,24,26)/t18-/m0/s1. The lowest BCUT2D eigenvalue weighted by molar-refractivity contribution is -0.143. The quantitative estimate of drug-likeness (QED) is 0.723. The average Bonchev–Trinajstić information content (AvgIpc) is 2.72. The van der Waals surface area contributed by atoms with Crippen LogP contribution in [0.2, 0.25) is 0 Å². The first kappa shape index (κ1) is 21.5. The monoisotopic (exact) mass is 382 g/mol. The number of nitrogens with one attached hydrogen (secondary N) is 1. The van der Waals surface area contributed by atoms with Crippen molar-refractivity contribution in [1.29, 1.82) is 0 Å². The zero-order valence-electron chi connectivity index (χ0n) is 17.1. The molecular formula is C23H30N2O3. The van der Waals surface area contributed by atoms with E-state index in [4.69, 9.17) is 4.74 Å². The van der Waals surface area contributed by atoms with Gasteiger partial charge in [0.25, 0.3) is 0 Å². The molecule has 1 N–H and O–H groups in total. The summed E-state index contributed by atoms with van der Waals surface area (Å²) in [5.74, 6) is 0.475. The van der Waals surface area contributed by atoms with E-state index in [2.05, 4.69) is 5.32 Å². The summed E-state index contributed by atoms with van der Waals surface area (Å²) >= 11 is 0. The minimum absolute atomic E-state index is 0.0262. The van der Waals surface area contributed by atoms with Crippen molar-refractivity contribution in [2.24, 2.45) is 5.92 Å². The summed E-state index contributed by atoms with van der Waals surface area (Å²) in [7, 11) is 1.64. The maximum Gasteiger partial charge on any atom is 0.242 e. The molecular weight excluding hydrogens is 352 g/mol. The third-order valence-electron chi connectivity index (χ3n) is 4.69. The van der Waals surface area contributed by atoms with Crippen LogP contribution in [0.25, 0.3) is 0 Å². The summed E-state index contributed by atoms with van der Waals surface area (Å²) in [6.45, 7) is 6.44. The van der Waals surface area contributed by atoms with Gasteiger partial charge >= 0.3 is 0 Å². The van der Waals surface area contributed by atoms with Crippen LogP contribution in [0, 0.1) is 5.92 Å². The van der Waals surface area contributed by atoms with E-state index < -0.39 is 6.04 Å². The van der Waals surface area contributed by atoms with Crippen LogP contribution in [0.15, 0.2) is 54.6 Å². The van der Waals surface area contributed by atoms with Crippen molar-refractivity contribution in [2.75, 3.05) is 13.7 Å². The van der Waals surface area contributed by atoms with Crippen molar-refractivity contribution in [3.8, 4) is 5.75 Å². The molecule has 0 aliphatic carbocycles. The van der Waals surface area contributed by atoms with E-state index >= 15 is 0 Å². The molecule has 0 aromatic heterocycles. The van der Waals surface area contributed by atoms with Crippen LogP contribution in [-0.2, 0) is 22.6 Å². The first-order chi connectivity index (χ1) is 13.4. The molecule has 28 heavy (non-hydrogen) atoms. The number of carbonyl (C=O) groups is 2. The Kier molecular flexibility index (Phi) is 8.05. The van der Waals surface area contributed by atoms with Crippen LogP contribution in [-0.4, -0.2) is 36.4 Å². The Morgan fingerprint density at radius 3 is 2.18 bits per heavy atom. The predicted molar refractivity (Wildman–Crippen MR) is 111 cm³/mol. The number of benzene rings is 2. The highest BCUT2D eigenvalue weighted by Gasteiger charge is 2.27. The molecule has 0 saturated carbocycles. The van der Waals surface area contributed by atoms with Gasteiger partial charge in [0.2, 0.25) is 11.8 Å². The van der Waals surface area contributed by atoms with Crippen molar-refractivity contribution in [1.82, 2.24) is 10.2 Å². The summed E-state index contributed by atoms with van der Waals surface area (Å²) in [4.78, 5) is 27.0. The molecule has 0 aliphatic rings. The Bertz CT molecular complexity index is 757. The van der Waals surface area contributed by atoms with Gasteiger partial charge in [-0.1, -0.05) is 56.3 Å². The zero-order valence-corrected chi connectivity index (χ0v) is 17.1. The number of nitrogens with zero attached hydrogens (tertiary/aromatic N) is 1. The molecule has 5 heteroatoms. The van der Waals surface area contributed by atoms with E-state index in [-0.39, 0.29) is 17.7 Å². The van der Waals surface area contributed by atoms with Gasteiger partial charge < -0.3 is 15.0 Å². The fourth-order valence-electron chi connectivity index (χ4n) is 2.93. The molecule has 1 atom stereocenters. The topological polar surface area (TPSA) is 58.6 Å². The second kappa shape index (κ2) is 10.5. The van der Waals surface area contributed by atoms with Crippen molar-refractivity contribution < 1.29 is 14.3 Å². The van der Waals surface area contributed by atoms with Crippen molar-refractivity contribution in [3.63, 3.8) is 0 Å². The van der Waals surface area contributed by atoms with Gasteiger partial charge in [0.1, 0.15) is 11.8 Å². The molecule has 5 nitrogen and oxygen atoms in total. The molecule has 0 radical (unpaired) electrons. The lowest BCUT2D eigenvalue weighted by Crippen LogP contribution is -2.49. The summed E-state index contributed by atoms with van der Waals surface area (Å²) in [6, 6.07) is 17.0. The normalized spacial score (nSPS) is 11.8. The second-order valence-electron chi connectivity index (χ2n) is 7.17. The summed E-state index contributed by atoms with van der Waals surface area (Å²) in [6.07, 6.45) is 0.721. The van der Waals surface area contributed by atoms with Gasteiger partial charge in [0, 0.05) is 19.0 Å². The van der Waals surface area contributed by atoms with Crippen LogP contribution >= 0.6 is 0 Å². The number of amides is 2. The number of hydrogen-bond acceptors (Lipinski definition) is 3. The van der Waals surface area contributed by atoms with E-state index in [0.717, 1.165) is 23.3 Å². The molecule has 2 rings (SSSR count). The largest absolute Gasteiger partial charge is 0.497 e. The van der Waals surface area contributed by atoms with Crippen LogP contribution in [0.5, 0.6) is 5.75 Å². The molecule has 0 heterocycles. The van der Waals surface area contributed by atoms with E-state index in [1.54, 1.807) is 18.9 Å². The molecule has 0 bridgehead atoms. The highest BCUT2D eigenvalue weighted by molar-refractivity contribution is 5.88. The Labute approximate surface area is 167 Å². The Hall–Kier alpha value is -2.82. The highest BCUT2D eigenvalue weighted by Crippen LogP contribution is 2.14. The zero-order chi connectivity index (χ0) is 20.5. The van der Waals surface area contributed by atoms with Gasteiger partial charge in [0.15, 0.2) is 0 Å². The van der Waals surface area contributed by atoms with Gasteiger partial charge in [0.05, 0.1) is 7.11 Å². The molecule has 2 aromatic carbocycles. The lowest BCUT2D eigenvalue weighted by atomic mass is 10.1. The fraction of sp³-hybridized carbons (Fsp3) is 0.391. The van der Waals surface area contributed by atoms with Gasteiger partial charge in [-0.15, -0.1) is 0 Å². The predicted octanol–water partition coefficient (Wildman–Crippen LogP) is 3.43. The van der Waals surface area contributed by atoms with E-state index in [1.165, 1.54) is 0 Å². The highest BCUT2D eigenvalue weighted by atomic mass is 16.5. The number of ether oxygens (including phenoxy) is 1. The molecule has 0 aliphatic heterocycles. The van der Waals surface area contributed by atoms with E-state index in [0.29, 0.717) is 13.1 Å². The first-order valence-corrected chi connectivity index (χ1v) is 9.67. The Balaban J connectivity index is 1.96. The van der Waals surface area contributed by atoms with Gasteiger partial charge in [-0.2, -0.15) is 0 Å². The van der Waals surface area contributed by atoms with Gasteiger partial charge in [-0.05, 0) is 36.6 Å². The molecule has 2 aromatic rings. The lowest BCUT2D eigenvalue weighted by Gasteiger charge is -2.30. The molecule has 0 saturated heterocycles. The number of rotatable bonds is 9. The molecule has 0 fully saturated rings. The Morgan fingerprint density at radius 2 is 1.61 bits per heavy atom. The maximum absolute atomic E-state index is 12.7. The van der Waals surface area contributed by atoms with Crippen molar-refractivity contribution in [3.05, 3.63) is 65.7 Å². The first-order valence-electron chi connectivity index (χ1n) is 9.67. The van der Waals surface area contributed by atoms with Crippen LogP contribution in [0.3, 0.4) is 0 Å². The third-order valence-corrected chi connectivity index (χ3v) is 4.69. The fourth-order valence-corrected chi connectivity index (χ4v) is 2.93. The summed E-state index contributed by atoms with van der Waals surface area (Å²) in [5, 5.41) is 2.96. The number of methoxy groups -OCH3 is 1. The van der Waals surface area contributed by atoms with Crippen molar-refractivity contribution in [2.45, 2.75) is 39.8 Å². The van der Waals surface area contributed by atoms with Crippen molar-refractivity contribution >= 4 is 11.8 Å². The second-order valence-corrected chi connectivity index (χ2v) is 7.17. The van der Waals surface area contributed by atoms with Gasteiger partial charge in [-0.3, -0.25) is 9.59 Å². The Morgan fingerprint density at radius 1 is 0.964 bits per heavy atom. The number of hydrogen-bond donors (Lipinski definition) is 1. The SMILES string of the molecule is COc1ccc(CCNC(=O)[C@H](C)N(Cc2ccccc2)C(=O)C(C)C)cc1. The van der Waals surface area contributed by atoms with E-state index in [9.17, 15) is 9.59 Å². The summed E-state index contributed by atoms with van der Waals surface area (Å²) < 4.78 is 5.15. The van der Waals surface area contributed by atoms with E-state index in [1.807, 2.05) is 68.4 Å². The minimum Gasteiger partial charge on any atom is -0.497 e. The van der Waals surface area contributed by atoms with Crippen LogP contribution < -0.4 is 10.1 Å². The van der Waals surface area contributed by atoms with Gasteiger partial charge in [-0.25, -0.2) is 0 Å². The van der Waals surface area contributed by atoms with Crippen LogP contribution in [0.4, 0.5) is 0 Å². The molecule has 150 valence electrons. The number of carbonyl (C=O) groups excluding carboxylic acids is 2. The average molecular weight is 383 g/mol. The minimum atomic E-state index is -0.536. The smallest absolute Gasteiger partial charge is 0.242 e. The van der Waals surface area contributed by atoms with Crippen LogP contribution in [0.1, 0.15) is 31.9 Å². The molecule has 0 spiro atoms. The molecule has 0 unspecified atom stereocenters.